The van der Waals surface area contributed by atoms with E-state index in [-0.39, 0.29) is 10.8 Å². The van der Waals surface area contributed by atoms with Crippen molar-refractivity contribution in [3.8, 4) is 0 Å². The van der Waals surface area contributed by atoms with Crippen LogP contribution in [0, 0.1) is 0 Å². The van der Waals surface area contributed by atoms with Gasteiger partial charge in [-0.2, -0.15) is 0 Å². The molecule has 0 aliphatic carbocycles. The van der Waals surface area contributed by atoms with Crippen molar-refractivity contribution in [3.05, 3.63) is 0 Å². The minimum Gasteiger partial charge on any atom is -0.616 e. The molecule has 3 atom stereocenters. The second-order valence-electron chi connectivity index (χ2n) is 4.30. The van der Waals surface area contributed by atoms with E-state index in [1.165, 1.54) is 0 Å². The first kappa shape index (κ1) is 11.7. The Bertz CT molecular complexity index is 172. The minimum atomic E-state index is -1.03. The van der Waals surface area contributed by atoms with E-state index < -0.39 is 22.5 Å². The Morgan fingerprint density at radius 1 is 1.46 bits per heavy atom. The molecule has 13 heavy (non-hydrogen) atoms. The van der Waals surface area contributed by atoms with Crippen molar-refractivity contribution in [2.75, 3.05) is 11.5 Å². The average Bonchev–Trinajstić information content (AvgIpc) is 2.33. The smallest absolute Gasteiger partial charge is 0.136 e. The highest BCUT2D eigenvalue weighted by atomic mass is 32.2. The Morgan fingerprint density at radius 2 is 2.08 bits per heavy atom. The maximum absolute atomic E-state index is 11.6. The molecule has 5 heteroatoms. The molecule has 1 saturated heterocycles. The summed E-state index contributed by atoms with van der Waals surface area (Å²) in [4.78, 5) is 0. The van der Waals surface area contributed by atoms with Gasteiger partial charge in [0.25, 0.3) is 0 Å². The Hall–Kier alpha value is 0.580. The van der Waals surface area contributed by atoms with Crippen LogP contribution in [0.3, 0.4) is 0 Å². The van der Waals surface area contributed by atoms with Crippen LogP contribution in [-0.4, -0.2) is 31.4 Å². The van der Waals surface area contributed by atoms with Gasteiger partial charge < -0.3 is 9.11 Å². The van der Waals surface area contributed by atoms with Crippen LogP contribution in [0.25, 0.3) is 0 Å². The summed E-state index contributed by atoms with van der Waals surface area (Å²) in [7, 11) is 0. The lowest BCUT2D eigenvalue weighted by Gasteiger charge is -2.25. The van der Waals surface area contributed by atoms with E-state index >= 15 is 0 Å². The van der Waals surface area contributed by atoms with Crippen molar-refractivity contribution < 1.29 is 9.11 Å². The fraction of sp³-hybridized carbons (Fsp3) is 1.00. The zero-order valence-corrected chi connectivity index (χ0v) is 9.96. The van der Waals surface area contributed by atoms with Gasteiger partial charge in [-0.05, 0) is 20.8 Å². The summed E-state index contributed by atoms with van der Waals surface area (Å²) in [5.41, 5.74) is 0. The van der Waals surface area contributed by atoms with Gasteiger partial charge >= 0.3 is 0 Å². The van der Waals surface area contributed by atoms with Gasteiger partial charge in [-0.3, -0.25) is 0 Å². The lowest BCUT2D eigenvalue weighted by Crippen LogP contribution is -2.45. The van der Waals surface area contributed by atoms with Crippen LogP contribution in [0.1, 0.15) is 27.2 Å². The Morgan fingerprint density at radius 3 is 2.46 bits per heavy atom. The molecule has 0 amide bonds. The summed E-state index contributed by atoms with van der Waals surface area (Å²) < 4.78 is 25.5. The molecule has 1 rings (SSSR count). The van der Waals surface area contributed by atoms with E-state index in [9.17, 15) is 9.11 Å². The van der Waals surface area contributed by atoms with Crippen LogP contribution in [0.15, 0.2) is 0 Å². The van der Waals surface area contributed by atoms with E-state index in [0.29, 0.717) is 5.75 Å². The zero-order chi connectivity index (χ0) is 10.1. The van der Waals surface area contributed by atoms with Crippen LogP contribution in [-0.2, 0) is 22.5 Å². The predicted molar refractivity (Wildman–Crippen MR) is 57.3 cm³/mol. The van der Waals surface area contributed by atoms with Gasteiger partial charge in [0.1, 0.15) is 22.3 Å². The van der Waals surface area contributed by atoms with Gasteiger partial charge in [0, 0.05) is 17.8 Å². The van der Waals surface area contributed by atoms with Gasteiger partial charge in [-0.1, -0.05) is 11.2 Å². The van der Waals surface area contributed by atoms with E-state index in [1.807, 2.05) is 20.8 Å². The zero-order valence-electron chi connectivity index (χ0n) is 8.33. The van der Waals surface area contributed by atoms with Crippen LogP contribution < -0.4 is 4.72 Å². The monoisotopic (exact) mass is 223 g/mol. The number of hydrogen-bond donors (Lipinski definition) is 1. The Balaban J connectivity index is 2.33. The molecule has 0 spiro atoms. The topological polar surface area (TPSA) is 58.1 Å². The van der Waals surface area contributed by atoms with Crippen LogP contribution in [0.5, 0.6) is 0 Å². The SMILES string of the molecule is CC(C)(C)[S@@+]([O-])N[C@@H]1CC[S@@+]([O-])C1. The maximum Gasteiger partial charge on any atom is 0.136 e. The molecule has 1 heterocycles. The molecule has 3 nitrogen and oxygen atoms in total. The van der Waals surface area contributed by atoms with Gasteiger partial charge in [-0.15, -0.1) is 4.72 Å². The van der Waals surface area contributed by atoms with Gasteiger partial charge in [-0.25, -0.2) is 0 Å². The van der Waals surface area contributed by atoms with E-state index in [4.69, 9.17) is 0 Å². The molecule has 0 aromatic heterocycles. The highest BCUT2D eigenvalue weighted by Crippen LogP contribution is 2.18. The summed E-state index contributed by atoms with van der Waals surface area (Å²) in [6, 6.07) is 0.181. The molecule has 78 valence electrons. The molecule has 1 aliphatic heterocycles. The van der Waals surface area contributed by atoms with Gasteiger partial charge in [0.2, 0.25) is 0 Å². The molecule has 1 aliphatic rings. The molecule has 1 N–H and O–H groups in total. The third-order valence-electron chi connectivity index (χ3n) is 1.91. The van der Waals surface area contributed by atoms with Crippen molar-refractivity contribution in [2.24, 2.45) is 0 Å². The van der Waals surface area contributed by atoms with Gasteiger partial charge in [0.15, 0.2) is 0 Å². The lowest BCUT2D eigenvalue weighted by atomic mass is 10.3. The van der Waals surface area contributed by atoms with Crippen molar-refractivity contribution in [2.45, 2.75) is 38.0 Å². The highest BCUT2D eigenvalue weighted by Gasteiger charge is 2.34. The lowest BCUT2D eigenvalue weighted by molar-refractivity contribution is 0.528. The number of rotatable bonds is 2. The first-order valence-corrected chi connectivity index (χ1v) is 7.06. The molecular weight excluding hydrogens is 206 g/mol. The summed E-state index contributed by atoms with van der Waals surface area (Å²) in [6.07, 6.45) is 0.883. The highest BCUT2D eigenvalue weighted by molar-refractivity contribution is 7.92. The van der Waals surface area contributed by atoms with Gasteiger partial charge in [0.05, 0.1) is 0 Å². The van der Waals surface area contributed by atoms with Crippen molar-refractivity contribution in [3.63, 3.8) is 0 Å². The molecule has 0 aromatic rings. The fourth-order valence-corrected chi connectivity index (χ4v) is 3.46. The maximum atomic E-state index is 11.6. The predicted octanol–water partition coefficient (Wildman–Crippen LogP) is 0.559. The fourth-order valence-electron chi connectivity index (χ4n) is 1.09. The van der Waals surface area contributed by atoms with E-state index in [0.717, 1.165) is 12.2 Å². The molecule has 0 aromatic carbocycles. The van der Waals surface area contributed by atoms with Crippen molar-refractivity contribution in [1.82, 2.24) is 4.72 Å². The van der Waals surface area contributed by atoms with Crippen LogP contribution in [0.4, 0.5) is 0 Å². The van der Waals surface area contributed by atoms with Crippen LogP contribution >= 0.6 is 0 Å². The summed E-state index contributed by atoms with van der Waals surface area (Å²) in [5, 5.41) is 0. The standard InChI is InChI=1S/C8H17NO2S2/c1-8(2,3)13(11)9-7-4-5-12(10)6-7/h7,9H,4-6H2,1-3H3/t7-,12-,13-/m1/s1. The Kier molecular flexibility index (Phi) is 3.94. The Labute approximate surface area is 86.2 Å². The first-order chi connectivity index (χ1) is 5.89. The second kappa shape index (κ2) is 4.40. The third kappa shape index (κ3) is 3.67. The largest absolute Gasteiger partial charge is 0.616 e. The molecule has 0 saturated carbocycles. The molecule has 0 bridgehead atoms. The first-order valence-electron chi connectivity index (χ1n) is 4.42. The van der Waals surface area contributed by atoms with Crippen molar-refractivity contribution >= 4 is 22.5 Å². The summed E-state index contributed by atoms with van der Waals surface area (Å²) in [6.45, 7) is 5.80. The normalized spacial score (nSPS) is 32.1. The summed E-state index contributed by atoms with van der Waals surface area (Å²) >= 11 is -1.72. The third-order valence-corrected chi connectivity index (χ3v) is 5.04. The molecular formula is C8H17NO2S2. The molecule has 0 unspecified atom stereocenters. The van der Waals surface area contributed by atoms with E-state index in [1.54, 1.807) is 0 Å². The number of nitrogens with one attached hydrogen (secondary N) is 1. The van der Waals surface area contributed by atoms with Crippen molar-refractivity contribution in [1.29, 1.82) is 0 Å². The summed E-state index contributed by atoms with van der Waals surface area (Å²) in [5.74, 6) is 1.40. The molecule has 0 radical (unpaired) electrons. The molecule has 1 fully saturated rings. The second-order valence-corrected chi connectivity index (χ2v) is 7.91. The van der Waals surface area contributed by atoms with E-state index in [2.05, 4.69) is 4.72 Å². The van der Waals surface area contributed by atoms with Crippen LogP contribution in [0.2, 0.25) is 0 Å². The quantitative estimate of drug-likeness (QED) is 0.696. The number of hydrogen-bond acceptors (Lipinski definition) is 3. The average molecular weight is 223 g/mol. The minimum absolute atomic E-state index is 0.181.